The minimum absolute atomic E-state index is 0. The molecule has 0 bridgehead atoms. The van der Waals surface area contributed by atoms with Crippen molar-refractivity contribution in [2.45, 2.75) is 31.3 Å². The molecule has 3 nitrogen and oxygen atoms in total. The molecule has 1 aliphatic heterocycles. The zero-order valence-electron chi connectivity index (χ0n) is 18.8. The highest BCUT2D eigenvalue weighted by Gasteiger charge is 2.40. The van der Waals surface area contributed by atoms with Crippen molar-refractivity contribution in [1.29, 1.82) is 0 Å². The number of rotatable bonds is 8. The maximum absolute atomic E-state index is 12.5. The van der Waals surface area contributed by atoms with Gasteiger partial charge in [0.25, 0.3) is 0 Å². The highest BCUT2D eigenvalue weighted by molar-refractivity contribution is 5.85. The summed E-state index contributed by atoms with van der Waals surface area (Å²) in [6, 6.07) is 29.4. The van der Waals surface area contributed by atoms with Gasteiger partial charge in [-0.15, -0.1) is 12.4 Å². The van der Waals surface area contributed by atoms with Gasteiger partial charge in [-0.2, -0.15) is 0 Å². The lowest BCUT2D eigenvalue weighted by molar-refractivity contribution is -0.0223. The number of aliphatic hydroxyl groups is 1. The maximum atomic E-state index is 12.5. The minimum atomic E-state index is -1.02. The molecular formula is C28H34ClNO2. The molecule has 4 rings (SSSR count). The van der Waals surface area contributed by atoms with Gasteiger partial charge in [-0.25, -0.2) is 0 Å². The van der Waals surface area contributed by atoms with Gasteiger partial charge in [-0.1, -0.05) is 91.9 Å². The molecule has 0 aliphatic carbocycles. The fourth-order valence-corrected chi connectivity index (χ4v) is 4.62. The molecule has 0 radical (unpaired) electrons. The molecule has 1 fully saturated rings. The Morgan fingerprint density at radius 3 is 2.03 bits per heavy atom. The van der Waals surface area contributed by atoms with Crippen molar-refractivity contribution < 1.29 is 9.84 Å². The number of nitrogens with zero attached hydrogens (tertiary/aromatic N) is 1. The molecule has 1 heterocycles. The van der Waals surface area contributed by atoms with Gasteiger partial charge < -0.3 is 9.84 Å². The summed E-state index contributed by atoms with van der Waals surface area (Å²) in [5.41, 5.74) is 3.57. The first kappa shape index (κ1) is 24.5. The van der Waals surface area contributed by atoms with Crippen LogP contribution in [0.3, 0.4) is 0 Å². The van der Waals surface area contributed by atoms with E-state index in [2.05, 4.69) is 84.6 Å². The first-order valence-corrected chi connectivity index (χ1v) is 11.4. The highest BCUT2D eigenvalue weighted by Crippen LogP contribution is 2.41. The molecule has 32 heavy (non-hydrogen) atoms. The Labute approximate surface area is 198 Å². The van der Waals surface area contributed by atoms with Crippen LogP contribution < -0.4 is 0 Å². The predicted octanol–water partition coefficient (Wildman–Crippen LogP) is 5.22. The molecule has 0 amide bonds. The van der Waals surface area contributed by atoms with Gasteiger partial charge in [0.1, 0.15) is 5.60 Å². The van der Waals surface area contributed by atoms with E-state index in [1.165, 1.54) is 11.1 Å². The van der Waals surface area contributed by atoms with Crippen molar-refractivity contribution in [2.75, 3.05) is 32.8 Å². The third-order valence-electron chi connectivity index (χ3n) is 6.50. The Hall–Kier alpha value is -2.17. The molecule has 0 spiro atoms. The van der Waals surface area contributed by atoms with Crippen molar-refractivity contribution in [3.63, 3.8) is 0 Å². The summed E-state index contributed by atoms with van der Waals surface area (Å²) in [5, 5.41) is 12.5. The number of hydrogen-bond donors (Lipinski definition) is 1. The molecule has 2 unspecified atom stereocenters. The molecule has 0 saturated carbocycles. The number of ether oxygens (including phenoxy) is 1. The van der Waals surface area contributed by atoms with Crippen molar-refractivity contribution in [3.05, 3.63) is 107 Å². The second-order valence-electron chi connectivity index (χ2n) is 8.51. The molecule has 1 N–H and O–H groups in total. The molecule has 0 aromatic heterocycles. The number of aryl methyl sites for hydroxylation is 1. The molecule has 1 saturated heterocycles. The van der Waals surface area contributed by atoms with Gasteiger partial charge in [-0.3, -0.25) is 4.90 Å². The largest absolute Gasteiger partial charge is 0.384 e. The molecule has 1 aliphatic rings. The number of hydrogen-bond acceptors (Lipinski definition) is 3. The van der Waals surface area contributed by atoms with E-state index in [1.54, 1.807) is 0 Å². The summed E-state index contributed by atoms with van der Waals surface area (Å²) in [6.45, 7) is 6.27. The normalized spacial score (nSPS) is 17.2. The van der Waals surface area contributed by atoms with E-state index in [0.717, 1.165) is 50.4 Å². The third-order valence-corrected chi connectivity index (χ3v) is 6.50. The van der Waals surface area contributed by atoms with E-state index in [4.69, 9.17) is 4.74 Å². The van der Waals surface area contributed by atoms with Crippen molar-refractivity contribution in [2.24, 2.45) is 0 Å². The van der Waals surface area contributed by atoms with Gasteiger partial charge in [0, 0.05) is 32.0 Å². The van der Waals surface area contributed by atoms with Crippen molar-refractivity contribution in [3.8, 4) is 0 Å². The van der Waals surface area contributed by atoms with Crippen LogP contribution in [-0.4, -0.2) is 42.9 Å². The van der Waals surface area contributed by atoms with E-state index >= 15 is 0 Å². The van der Waals surface area contributed by atoms with Gasteiger partial charge in [0.2, 0.25) is 0 Å². The molecule has 3 aromatic rings. The molecule has 4 heteroatoms. The topological polar surface area (TPSA) is 32.7 Å². The lowest BCUT2D eigenvalue weighted by atomic mass is 9.73. The van der Waals surface area contributed by atoms with Crippen LogP contribution in [0.4, 0.5) is 0 Å². The molecule has 170 valence electrons. The van der Waals surface area contributed by atoms with Crippen molar-refractivity contribution >= 4 is 12.4 Å². The van der Waals surface area contributed by atoms with Crippen LogP contribution in [0.5, 0.6) is 0 Å². The number of halogens is 1. The van der Waals surface area contributed by atoms with Gasteiger partial charge in [-0.05, 0) is 28.7 Å². The zero-order chi connectivity index (χ0) is 21.5. The van der Waals surface area contributed by atoms with Crippen LogP contribution in [-0.2, 0) is 23.2 Å². The van der Waals surface area contributed by atoms with Crippen LogP contribution >= 0.6 is 12.4 Å². The summed E-state index contributed by atoms with van der Waals surface area (Å²) >= 11 is 0. The smallest absolute Gasteiger partial charge is 0.102 e. The fraction of sp³-hybridized carbons (Fsp3) is 0.357. The van der Waals surface area contributed by atoms with E-state index in [0.29, 0.717) is 6.42 Å². The van der Waals surface area contributed by atoms with Crippen LogP contribution in [0.15, 0.2) is 84.9 Å². The summed E-state index contributed by atoms with van der Waals surface area (Å²) in [6.07, 6.45) is 1.57. The third kappa shape index (κ3) is 5.79. The molecule has 3 aromatic carbocycles. The van der Waals surface area contributed by atoms with Crippen LogP contribution in [0, 0.1) is 0 Å². The predicted molar refractivity (Wildman–Crippen MR) is 134 cm³/mol. The Morgan fingerprint density at radius 2 is 1.44 bits per heavy atom. The first-order valence-electron chi connectivity index (χ1n) is 11.4. The summed E-state index contributed by atoms with van der Waals surface area (Å²) < 4.78 is 5.57. The second-order valence-corrected chi connectivity index (χ2v) is 8.51. The number of morpholine rings is 1. The van der Waals surface area contributed by atoms with E-state index in [9.17, 15) is 5.11 Å². The Morgan fingerprint density at radius 1 is 0.844 bits per heavy atom. The molecule has 2 atom stereocenters. The lowest BCUT2D eigenvalue weighted by Gasteiger charge is -2.41. The Kier molecular flexibility index (Phi) is 8.89. The summed E-state index contributed by atoms with van der Waals surface area (Å²) in [4.78, 5) is 2.43. The van der Waals surface area contributed by atoms with Gasteiger partial charge in [0.15, 0.2) is 0 Å². The lowest BCUT2D eigenvalue weighted by Crippen LogP contribution is -2.45. The standard InChI is InChI=1S/C28H33NO2.ClH/c1-2-23-13-15-26(16-14-23)28(30,21-24-9-5-3-6-10-24)27(25-11-7-4-8-12-25)22-29-17-19-31-20-18-29;/h3-16,27,30H,2,17-22H2,1H3;1H. The maximum Gasteiger partial charge on any atom is 0.102 e. The van der Waals surface area contributed by atoms with Crippen LogP contribution in [0.2, 0.25) is 0 Å². The average molecular weight is 452 g/mol. The SMILES string of the molecule is CCc1ccc(C(O)(Cc2ccccc2)C(CN2CCOCC2)c2ccccc2)cc1.Cl. The highest BCUT2D eigenvalue weighted by atomic mass is 35.5. The monoisotopic (exact) mass is 451 g/mol. The van der Waals surface area contributed by atoms with Crippen molar-refractivity contribution in [1.82, 2.24) is 4.90 Å². The van der Waals surface area contributed by atoms with Gasteiger partial charge in [0.05, 0.1) is 13.2 Å². The van der Waals surface area contributed by atoms with Gasteiger partial charge >= 0.3 is 0 Å². The molecular weight excluding hydrogens is 418 g/mol. The quantitative estimate of drug-likeness (QED) is 0.509. The zero-order valence-corrected chi connectivity index (χ0v) is 19.6. The van der Waals surface area contributed by atoms with Crippen LogP contribution in [0.25, 0.3) is 0 Å². The fourth-order valence-electron chi connectivity index (χ4n) is 4.62. The van der Waals surface area contributed by atoms with E-state index in [1.807, 2.05) is 12.1 Å². The Bertz CT molecular complexity index is 927. The summed E-state index contributed by atoms with van der Waals surface area (Å²) in [5.74, 6) is -0.0560. The first-order chi connectivity index (χ1) is 15.2. The minimum Gasteiger partial charge on any atom is -0.384 e. The van der Waals surface area contributed by atoms with E-state index in [-0.39, 0.29) is 18.3 Å². The average Bonchev–Trinajstić information content (AvgIpc) is 2.84. The second kappa shape index (κ2) is 11.6. The van der Waals surface area contributed by atoms with E-state index < -0.39 is 5.60 Å². The summed E-state index contributed by atoms with van der Waals surface area (Å²) in [7, 11) is 0. The Balaban J connectivity index is 0.00000289. The number of benzene rings is 3. The van der Waals surface area contributed by atoms with Crippen LogP contribution in [0.1, 0.15) is 35.1 Å².